The number of hydrogen-bond acceptors (Lipinski definition) is 16. The molecule has 0 unspecified atom stereocenters. The molecular weight excluding hydrogens is 872 g/mol. The smallest absolute Gasteiger partial charge is 0.435 e. The van der Waals surface area contributed by atoms with Gasteiger partial charge in [0.15, 0.2) is 18.2 Å². The molecule has 5 heterocycles. The van der Waals surface area contributed by atoms with Gasteiger partial charge in [-0.2, -0.15) is 24.5 Å². The molecule has 0 aliphatic heterocycles. The Balaban J connectivity index is 0.000000224. The summed E-state index contributed by atoms with van der Waals surface area (Å²) in [6, 6.07) is 16.1. The zero-order valence-corrected chi connectivity index (χ0v) is 39.2. The molecule has 0 atom stereocenters. The molecule has 0 aliphatic rings. The zero-order valence-electron chi connectivity index (χ0n) is 38.4. The van der Waals surface area contributed by atoms with Crippen molar-refractivity contribution >= 4 is 64.0 Å². The summed E-state index contributed by atoms with van der Waals surface area (Å²) in [5.74, 6) is 1.60. The molecule has 0 fully saturated rings. The second-order valence-electron chi connectivity index (χ2n) is 17.5. The van der Waals surface area contributed by atoms with Gasteiger partial charge in [0.1, 0.15) is 39.7 Å². The van der Waals surface area contributed by atoms with Gasteiger partial charge in [0.05, 0.1) is 24.3 Å². The van der Waals surface area contributed by atoms with E-state index in [-0.39, 0.29) is 12.1 Å². The van der Waals surface area contributed by atoms with Crippen molar-refractivity contribution in [3.05, 3.63) is 103 Å². The predicted molar refractivity (Wildman–Crippen MR) is 246 cm³/mol. The number of furan rings is 1. The first-order chi connectivity index (χ1) is 31.1. The number of nitrogens with zero attached hydrogens (tertiary/aromatic N) is 9. The van der Waals surface area contributed by atoms with E-state index in [0.29, 0.717) is 51.1 Å². The molecule has 346 valence electrons. The summed E-state index contributed by atoms with van der Waals surface area (Å²) >= 11 is 5.97. The fourth-order valence-electron chi connectivity index (χ4n) is 5.87. The van der Waals surface area contributed by atoms with Crippen LogP contribution in [0.1, 0.15) is 68.1 Å². The number of anilines is 4. The van der Waals surface area contributed by atoms with Crippen LogP contribution in [0.15, 0.2) is 96.3 Å². The Bertz CT molecular complexity index is 2820. The lowest BCUT2D eigenvalue weighted by atomic mass is 10.1. The second-order valence-corrected chi connectivity index (χ2v) is 17.8. The molecule has 1 N–H and O–H groups in total. The van der Waals surface area contributed by atoms with Crippen LogP contribution in [0.4, 0.5) is 37.4 Å². The number of hydrogen-bond donors (Lipinski definition) is 1. The van der Waals surface area contributed by atoms with Gasteiger partial charge < -0.3 is 33.4 Å². The van der Waals surface area contributed by atoms with Crippen molar-refractivity contribution in [1.82, 2.24) is 39.5 Å². The number of carbonyl (C=O) groups excluding carboxylic acids is 3. The summed E-state index contributed by atoms with van der Waals surface area (Å²) in [6.07, 6.45) is 7.68. The standard InChI is InChI=1S/C26H33N5O6.C20H18ClN5O3/c1-17-27-12-11-22(29-17)31(24(33)37-26(5,6)7)20-10-9-18(13-21(20)35-16-34-8)19-14-28-30(15-19)23(32)36-25(2,3)4;1-20(2,3)29-19(27)26-11-13(10-22-26)12-4-6-14(7-5-12)23-17-16-15(8-9-28-16)24-18(21)25-17/h9-15H,16H2,1-8H3;4-11H,1-3H3,(H,23,24,25). The average molecular weight is 923 g/mol. The summed E-state index contributed by atoms with van der Waals surface area (Å²) in [4.78, 5) is 56.0. The minimum absolute atomic E-state index is 0.0708. The predicted octanol–water partition coefficient (Wildman–Crippen LogP) is 10.8. The number of nitrogens with one attached hydrogen (secondary N) is 1. The highest BCUT2D eigenvalue weighted by molar-refractivity contribution is 6.28. The average Bonchev–Trinajstić information content (AvgIpc) is 4.02. The van der Waals surface area contributed by atoms with Gasteiger partial charge in [0, 0.05) is 48.6 Å². The maximum absolute atomic E-state index is 13.3. The normalized spacial score (nSPS) is 11.6. The Morgan fingerprint density at radius 2 is 1.33 bits per heavy atom. The topological polar surface area (TPSA) is 213 Å². The van der Waals surface area contributed by atoms with E-state index in [1.165, 1.54) is 23.0 Å². The fraction of sp³-hybridized carbons (Fsp3) is 0.326. The highest BCUT2D eigenvalue weighted by atomic mass is 35.5. The lowest BCUT2D eigenvalue weighted by Crippen LogP contribution is -2.34. The van der Waals surface area contributed by atoms with Crippen molar-refractivity contribution in [2.45, 2.75) is 86.0 Å². The number of aromatic nitrogens is 8. The molecule has 0 bridgehead atoms. The number of methoxy groups -OCH3 is 1. The van der Waals surface area contributed by atoms with E-state index in [0.717, 1.165) is 21.5 Å². The van der Waals surface area contributed by atoms with Crippen LogP contribution >= 0.6 is 11.6 Å². The summed E-state index contributed by atoms with van der Waals surface area (Å²) in [6.45, 7) is 17.8. The molecule has 7 rings (SSSR count). The summed E-state index contributed by atoms with van der Waals surface area (Å²) in [5.41, 5.74) is 3.35. The molecule has 66 heavy (non-hydrogen) atoms. The number of halogens is 1. The highest BCUT2D eigenvalue weighted by Crippen LogP contribution is 2.38. The van der Waals surface area contributed by atoms with Gasteiger partial charge in [0.25, 0.3) is 0 Å². The number of aryl methyl sites for hydroxylation is 1. The highest BCUT2D eigenvalue weighted by Gasteiger charge is 2.29. The van der Waals surface area contributed by atoms with Crippen LogP contribution in [-0.2, 0) is 18.9 Å². The lowest BCUT2D eigenvalue weighted by Gasteiger charge is -2.28. The van der Waals surface area contributed by atoms with Gasteiger partial charge in [0.2, 0.25) is 5.28 Å². The van der Waals surface area contributed by atoms with Gasteiger partial charge >= 0.3 is 18.3 Å². The van der Waals surface area contributed by atoms with Crippen LogP contribution < -0.4 is 15.0 Å². The van der Waals surface area contributed by atoms with Crippen LogP contribution in [-0.4, -0.2) is 88.5 Å². The van der Waals surface area contributed by atoms with Crippen LogP contribution in [0, 0.1) is 6.92 Å². The van der Waals surface area contributed by atoms with Crippen LogP contribution in [0.2, 0.25) is 5.28 Å². The SMILES string of the molecule is CC(C)(C)OC(=O)n1cc(-c2ccc(Nc3nc(Cl)nc4ccoc34)cc2)cn1.COCOc1cc(-c2cnn(C(=O)OC(C)(C)C)c2)ccc1N(C(=O)OC(C)(C)C)c1ccnc(C)n1. The first kappa shape index (κ1) is 48.1. The molecule has 5 aromatic heterocycles. The minimum Gasteiger partial charge on any atom is -0.465 e. The van der Waals surface area contributed by atoms with Crippen molar-refractivity contribution < 1.29 is 42.5 Å². The molecule has 0 radical (unpaired) electrons. The van der Waals surface area contributed by atoms with Crippen molar-refractivity contribution in [2.75, 3.05) is 24.1 Å². The molecule has 0 saturated carbocycles. The first-order valence-corrected chi connectivity index (χ1v) is 20.9. The van der Waals surface area contributed by atoms with Crippen molar-refractivity contribution in [2.24, 2.45) is 0 Å². The molecule has 0 saturated heterocycles. The fourth-order valence-corrected chi connectivity index (χ4v) is 6.05. The Kier molecular flexibility index (Phi) is 14.4. The van der Waals surface area contributed by atoms with E-state index < -0.39 is 35.1 Å². The van der Waals surface area contributed by atoms with Crippen molar-refractivity contribution in [3.8, 4) is 28.0 Å². The monoisotopic (exact) mass is 922 g/mol. The Labute approximate surface area is 386 Å². The first-order valence-electron chi connectivity index (χ1n) is 20.5. The van der Waals surface area contributed by atoms with Gasteiger partial charge in [-0.05, 0) is 122 Å². The van der Waals surface area contributed by atoms with Crippen LogP contribution in [0.25, 0.3) is 33.4 Å². The number of fused-ring (bicyclic) bond motifs is 1. The Morgan fingerprint density at radius 1 is 0.742 bits per heavy atom. The quantitative estimate of drug-likeness (QED) is 0.0810. The third kappa shape index (κ3) is 12.9. The summed E-state index contributed by atoms with van der Waals surface area (Å²) in [7, 11) is 1.49. The molecule has 19 nitrogen and oxygen atoms in total. The maximum atomic E-state index is 13.3. The van der Waals surface area contributed by atoms with Gasteiger partial charge in [-0.1, -0.05) is 18.2 Å². The van der Waals surface area contributed by atoms with Gasteiger partial charge in [-0.25, -0.2) is 34.2 Å². The number of ether oxygens (including phenoxy) is 5. The minimum atomic E-state index is -0.749. The molecule has 7 aromatic rings. The number of amides is 1. The zero-order chi connectivity index (χ0) is 48.0. The van der Waals surface area contributed by atoms with Crippen LogP contribution in [0.3, 0.4) is 0 Å². The molecule has 20 heteroatoms. The van der Waals surface area contributed by atoms with Crippen molar-refractivity contribution in [3.63, 3.8) is 0 Å². The number of benzene rings is 2. The summed E-state index contributed by atoms with van der Waals surface area (Å²) in [5, 5.41) is 11.5. The van der Waals surface area contributed by atoms with Gasteiger partial charge in [-0.3, -0.25) is 0 Å². The number of carbonyl (C=O) groups is 3. The van der Waals surface area contributed by atoms with E-state index in [1.807, 2.05) is 45.0 Å². The van der Waals surface area contributed by atoms with E-state index >= 15 is 0 Å². The Hall–Kier alpha value is -7.38. The van der Waals surface area contributed by atoms with Crippen molar-refractivity contribution in [1.29, 1.82) is 0 Å². The molecular formula is C46H51ClN10O9. The third-order valence-electron chi connectivity index (χ3n) is 8.52. The van der Waals surface area contributed by atoms with E-state index in [9.17, 15) is 14.4 Å². The van der Waals surface area contributed by atoms with E-state index in [1.54, 1.807) is 110 Å². The van der Waals surface area contributed by atoms with Crippen LogP contribution in [0.5, 0.6) is 5.75 Å². The molecule has 1 amide bonds. The number of rotatable bonds is 9. The molecule has 0 aliphatic carbocycles. The molecule has 0 spiro atoms. The van der Waals surface area contributed by atoms with Gasteiger partial charge in [-0.15, -0.1) is 0 Å². The Morgan fingerprint density at radius 3 is 1.91 bits per heavy atom. The maximum Gasteiger partial charge on any atom is 0.435 e. The molecule has 2 aromatic carbocycles. The van der Waals surface area contributed by atoms with E-state index in [2.05, 4.69) is 35.5 Å². The largest absolute Gasteiger partial charge is 0.465 e. The summed E-state index contributed by atoms with van der Waals surface area (Å²) < 4.78 is 35.1. The van der Waals surface area contributed by atoms with E-state index in [4.69, 9.17) is 39.7 Å². The second kappa shape index (κ2) is 19.8. The third-order valence-corrected chi connectivity index (χ3v) is 8.69. The lowest BCUT2D eigenvalue weighted by molar-refractivity contribution is 0.0501.